The Morgan fingerprint density at radius 3 is 2.16 bits per heavy atom. The molecule has 98 valence electrons. The van der Waals surface area contributed by atoms with Gasteiger partial charge in [0, 0.05) is 0 Å². The summed E-state index contributed by atoms with van der Waals surface area (Å²) in [5, 5.41) is 0.193. The second-order valence-corrected chi connectivity index (χ2v) is 6.08. The molecule has 1 saturated carbocycles. The molecule has 1 atom stereocenters. The van der Waals surface area contributed by atoms with E-state index in [9.17, 15) is 0 Å². The lowest BCUT2D eigenvalue weighted by Gasteiger charge is -2.10. The van der Waals surface area contributed by atoms with E-state index in [1.807, 2.05) is 0 Å². The van der Waals surface area contributed by atoms with Gasteiger partial charge < -0.3 is 0 Å². The van der Waals surface area contributed by atoms with E-state index in [0.29, 0.717) is 0 Å². The highest BCUT2D eigenvalue weighted by Gasteiger charge is 2.25. The summed E-state index contributed by atoms with van der Waals surface area (Å²) in [4.78, 5) is 0. The van der Waals surface area contributed by atoms with Gasteiger partial charge in [-0.2, -0.15) is 0 Å². The topological polar surface area (TPSA) is 0 Å². The van der Waals surface area contributed by atoms with E-state index in [2.05, 4.69) is 54.6 Å². The molecule has 2 aromatic rings. The minimum absolute atomic E-state index is 0.193. The number of rotatable bonds is 5. The van der Waals surface area contributed by atoms with Crippen LogP contribution in [-0.4, -0.2) is 0 Å². The molecule has 0 saturated heterocycles. The Morgan fingerprint density at radius 1 is 0.895 bits per heavy atom. The monoisotopic (exact) mass is 270 g/mol. The minimum atomic E-state index is 0.193. The average Bonchev–Trinajstić information content (AvgIpc) is 3.25. The molecule has 0 aliphatic heterocycles. The Labute approximate surface area is 120 Å². The van der Waals surface area contributed by atoms with E-state index >= 15 is 0 Å². The third kappa shape index (κ3) is 3.61. The van der Waals surface area contributed by atoms with Crippen LogP contribution >= 0.6 is 11.6 Å². The Kier molecular flexibility index (Phi) is 3.89. The third-order valence-corrected chi connectivity index (χ3v) is 4.26. The van der Waals surface area contributed by atoms with Gasteiger partial charge in [-0.05, 0) is 35.4 Å². The predicted molar refractivity (Wildman–Crippen MR) is 81.6 cm³/mol. The van der Waals surface area contributed by atoms with Gasteiger partial charge in [-0.3, -0.25) is 0 Å². The van der Waals surface area contributed by atoms with Gasteiger partial charge in [-0.25, -0.2) is 0 Å². The van der Waals surface area contributed by atoms with E-state index in [4.69, 9.17) is 11.6 Å². The Hall–Kier alpha value is -1.27. The van der Waals surface area contributed by atoms with Crippen LogP contribution in [0.5, 0.6) is 0 Å². The Bertz CT molecular complexity index is 511. The van der Waals surface area contributed by atoms with Crippen molar-refractivity contribution in [3.05, 3.63) is 71.3 Å². The van der Waals surface area contributed by atoms with Crippen molar-refractivity contribution in [2.75, 3.05) is 0 Å². The van der Waals surface area contributed by atoms with Gasteiger partial charge in [-0.15, -0.1) is 11.6 Å². The fourth-order valence-electron chi connectivity index (χ4n) is 2.46. The molecule has 0 amide bonds. The van der Waals surface area contributed by atoms with Crippen LogP contribution in [0.25, 0.3) is 0 Å². The second kappa shape index (κ2) is 5.79. The molecule has 1 unspecified atom stereocenters. The van der Waals surface area contributed by atoms with Crippen molar-refractivity contribution in [3.63, 3.8) is 0 Å². The van der Waals surface area contributed by atoms with Gasteiger partial charge in [-0.1, -0.05) is 67.4 Å². The minimum Gasteiger partial charge on any atom is -0.118 e. The van der Waals surface area contributed by atoms with Gasteiger partial charge in [0.2, 0.25) is 0 Å². The van der Waals surface area contributed by atoms with E-state index < -0.39 is 0 Å². The summed E-state index contributed by atoms with van der Waals surface area (Å²) >= 11 is 6.45. The number of hydrogen-bond donors (Lipinski definition) is 0. The lowest BCUT2D eigenvalue weighted by atomic mass is 10.0. The van der Waals surface area contributed by atoms with Crippen molar-refractivity contribution < 1.29 is 0 Å². The molecule has 0 radical (unpaired) electrons. The first-order valence-electron chi connectivity index (χ1n) is 7.08. The first-order valence-corrected chi connectivity index (χ1v) is 7.52. The first kappa shape index (κ1) is 12.7. The summed E-state index contributed by atoms with van der Waals surface area (Å²) in [5.74, 6) is 0.881. The molecule has 1 fully saturated rings. The van der Waals surface area contributed by atoms with Crippen molar-refractivity contribution in [2.45, 2.75) is 31.1 Å². The number of hydrogen-bond acceptors (Lipinski definition) is 0. The zero-order chi connectivity index (χ0) is 13.1. The van der Waals surface area contributed by atoms with Gasteiger partial charge in [0.15, 0.2) is 0 Å². The molecule has 0 nitrogen and oxygen atoms in total. The lowest BCUT2D eigenvalue weighted by molar-refractivity contribution is 0.706. The van der Waals surface area contributed by atoms with Crippen molar-refractivity contribution in [3.8, 4) is 0 Å². The molecular formula is C18H19Cl. The van der Waals surface area contributed by atoms with Crippen LogP contribution in [0.3, 0.4) is 0 Å². The summed E-state index contributed by atoms with van der Waals surface area (Å²) in [6, 6.07) is 19.4. The maximum Gasteiger partial charge on any atom is 0.0587 e. The van der Waals surface area contributed by atoms with Crippen LogP contribution < -0.4 is 0 Å². The van der Waals surface area contributed by atoms with E-state index in [1.165, 1.54) is 29.5 Å². The summed E-state index contributed by atoms with van der Waals surface area (Å²) in [7, 11) is 0. The molecule has 1 heteroatoms. The van der Waals surface area contributed by atoms with Crippen LogP contribution in [0.2, 0.25) is 0 Å². The van der Waals surface area contributed by atoms with Crippen molar-refractivity contribution >= 4 is 11.6 Å². The number of benzene rings is 2. The third-order valence-electron chi connectivity index (χ3n) is 3.83. The highest BCUT2D eigenvalue weighted by Crippen LogP contribution is 2.40. The van der Waals surface area contributed by atoms with Crippen molar-refractivity contribution in [1.29, 1.82) is 0 Å². The normalized spacial score (nSPS) is 16.3. The van der Waals surface area contributed by atoms with E-state index in [-0.39, 0.29) is 5.38 Å². The molecule has 0 heterocycles. The Balaban J connectivity index is 1.64. The molecule has 0 aromatic heterocycles. The molecule has 1 aliphatic carbocycles. The molecule has 0 bridgehead atoms. The van der Waals surface area contributed by atoms with Gasteiger partial charge in [0.1, 0.15) is 0 Å². The maximum atomic E-state index is 6.45. The summed E-state index contributed by atoms with van der Waals surface area (Å²) < 4.78 is 0. The van der Waals surface area contributed by atoms with Crippen LogP contribution in [0.1, 0.15) is 41.3 Å². The van der Waals surface area contributed by atoms with Gasteiger partial charge >= 0.3 is 0 Å². The zero-order valence-electron chi connectivity index (χ0n) is 11.1. The van der Waals surface area contributed by atoms with Crippen LogP contribution in [0, 0.1) is 5.92 Å². The highest BCUT2D eigenvalue weighted by molar-refractivity contribution is 6.20. The van der Waals surface area contributed by atoms with Crippen LogP contribution in [0.15, 0.2) is 54.6 Å². The average molecular weight is 271 g/mol. The summed E-state index contributed by atoms with van der Waals surface area (Å²) in [6.07, 6.45) is 4.88. The van der Waals surface area contributed by atoms with Crippen LogP contribution in [-0.2, 0) is 6.42 Å². The van der Waals surface area contributed by atoms with E-state index in [0.717, 1.165) is 18.8 Å². The van der Waals surface area contributed by atoms with Crippen molar-refractivity contribution in [1.82, 2.24) is 0 Å². The number of alkyl halides is 1. The molecule has 0 spiro atoms. The zero-order valence-corrected chi connectivity index (χ0v) is 11.8. The van der Waals surface area contributed by atoms with E-state index in [1.54, 1.807) is 0 Å². The summed E-state index contributed by atoms with van der Waals surface area (Å²) in [6.45, 7) is 0. The highest BCUT2D eigenvalue weighted by atomic mass is 35.5. The fourth-order valence-corrected chi connectivity index (χ4v) is 2.86. The standard InChI is InChI=1S/C18H19Cl/c19-18(13-16-6-7-16)17-10-8-15(9-11-17)12-14-4-2-1-3-5-14/h1-5,8-11,16,18H,6-7,12-13H2. The molecule has 0 N–H and O–H groups in total. The van der Waals surface area contributed by atoms with Crippen LogP contribution in [0.4, 0.5) is 0 Å². The smallest absolute Gasteiger partial charge is 0.0587 e. The van der Waals surface area contributed by atoms with Crippen molar-refractivity contribution in [2.24, 2.45) is 5.92 Å². The van der Waals surface area contributed by atoms with Gasteiger partial charge in [0.25, 0.3) is 0 Å². The molecule has 2 aromatic carbocycles. The first-order chi connectivity index (χ1) is 9.31. The fraction of sp³-hybridized carbons (Fsp3) is 0.333. The molecule has 19 heavy (non-hydrogen) atoms. The maximum absolute atomic E-state index is 6.45. The number of halogens is 1. The second-order valence-electron chi connectivity index (χ2n) is 5.55. The Morgan fingerprint density at radius 2 is 1.53 bits per heavy atom. The lowest BCUT2D eigenvalue weighted by Crippen LogP contribution is -1.93. The largest absolute Gasteiger partial charge is 0.118 e. The van der Waals surface area contributed by atoms with Gasteiger partial charge in [0.05, 0.1) is 5.38 Å². The SMILES string of the molecule is ClC(CC1CC1)c1ccc(Cc2ccccc2)cc1. The quantitative estimate of drug-likeness (QED) is 0.642. The predicted octanol–water partition coefficient (Wildman–Crippen LogP) is 5.36. The molecular weight excluding hydrogens is 252 g/mol. The summed E-state index contributed by atoms with van der Waals surface area (Å²) in [5.41, 5.74) is 3.98. The molecule has 3 rings (SSSR count). The molecule has 1 aliphatic rings.